The number of hydrogen-bond donors (Lipinski definition) is 1. The van der Waals surface area contributed by atoms with E-state index in [0.717, 1.165) is 0 Å². The molecule has 0 saturated carbocycles. The van der Waals surface area contributed by atoms with Gasteiger partial charge in [0.1, 0.15) is 12.3 Å². The van der Waals surface area contributed by atoms with E-state index in [-0.39, 0.29) is 13.0 Å². The normalized spacial score (nSPS) is 13.0. The van der Waals surface area contributed by atoms with Crippen LogP contribution >= 0.6 is 0 Å². The van der Waals surface area contributed by atoms with Crippen LogP contribution in [-0.2, 0) is 16.6 Å². The number of rotatable bonds is 8. The largest absolute Gasteiger partial charge is 0.447 e. The highest BCUT2D eigenvalue weighted by molar-refractivity contribution is 7.89. The van der Waals surface area contributed by atoms with Gasteiger partial charge in [0, 0.05) is 6.54 Å². The molecule has 0 amide bonds. The van der Waals surface area contributed by atoms with Crippen molar-refractivity contribution < 1.29 is 26.0 Å². The van der Waals surface area contributed by atoms with Crippen LogP contribution in [0.15, 0.2) is 21.6 Å². The minimum atomic E-state index is -4.60. The molecule has 0 aliphatic rings. The first-order valence-corrected chi connectivity index (χ1v) is 8.01. The van der Waals surface area contributed by atoms with Crippen LogP contribution in [0.4, 0.5) is 13.2 Å². The van der Waals surface area contributed by atoms with E-state index < -0.39 is 27.8 Å². The maximum Gasteiger partial charge on any atom is 0.402 e. The Labute approximate surface area is 122 Å². The van der Waals surface area contributed by atoms with Crippen LogP contribution in [0.1, 0.15) is 26.0 Å². The van der Waals surface area contributed by atoms with Gasteiger partial charge in [0.05, 0.1) is 6.54 Å². The number of hydrogen-bond acceptors (Lipinski definition) is 4. The fourth-order valence-electron chi connectivity index (χ4n) is 1.70. The van der Waals surface area contributed by atoms with Gasteiger partial charge in [-0.25, -0.2) is 8.42 Å². The molecule has 0 aromatic carbocycles. The lowest BCUT2D eigenvalue weighted by Gasteiger charge is -2.21. The summed E-state index contributed by atoms with van der Waals surface area (Å²) in [6.45, 7) is 2.72. The van der Waals surface area contributed by atoms with Crippen LogP contribution in [0.2, 0.25) is 0 Å². The average Bonchev–Trinajstić information content (AvgIpc) is 2.83. The van der Waals surface area contributed by atoms with Gasteiger partial charge in [-0.05, 0) is 25.1 Å². The molecule has 1 aromatic heterocycles. The first-order chi connectivity index (χ1) is 9.70. The molecular formula is C12H19F3N2O3S. The van der Waals surface area contributed by atoms with Crippen LogP contribution in [-0.4, -0.2) is 38.5 Å². The standard InChI is InChI=1S/C12H19F3N2O3S/c1-3-7-17(9-12(13,14)15)21(18,19)11-6-5-10(20-11)8-16-4-2/h5-6,16H,3-4,7-9H2,1-2H3. The van der Waals surface area contributed by atoms with Crippen LogP contribution in [0.25, 0.3) is 0 Å². The van der Waals surface area contributed by atoms with Crippen molar-refractivity contribution in [3.8, 4) is 0 Å². The van der Waals surface area contributed by atoms with Crippen molar-refractivity contribution in [1.82, 2.24) is 9.62 Å². The predicted molar refractivity (Wildman–Crippen MR) is 71.2 cm³/mol. The predicted octanol–water partition coefficient (Wildman–Crippen LogP) is 2.35. The zero-order valence-corrected chi connectivity index (χ0v) is 12.7. The van der Waals surface area contributed by atoms with E-state index >= 15 is 0 Å². The molecule has 0 atom stereocenters. The number of furan rings is 1. The van der Waals surface area contributed by atoms with Gasteiger partial charge in [0.2, 0.25) is 5.09 Å². The smallest absolute Gasteiger partial charge is 0.402 e. The van der Waals surface area contributed by atoms with Crippen LogP contribution in [0.3, 0.4) is 0 Å². The van der Waals surface area contributed by atoms with E-state index in [1.54, 1.807) is 6.92 Å². The second-order valence-electron chi connectivity index (χ2n) is 4.45. The summed E-state index contributed by atoms with van der Waals surface area (Å²) in [4.78, 5) is 0. The SMILES string of the molecule is CCCN(CC(F)(F)F)S(=O)(=O)c1ccc(CNCC)o1. The molecule has 5 nitrogen and oxygen atoms in total. The van der Waals surface area contributed by atoms with Gasteiger partial charge in [-0.1, -0.05) is 13.8 Å². The van der Waals surface area contributed by atoms with Crippen molar-refractivity contribution in [3.05, 3.63) is 17.9 Å². The molecule has 0 spiro atoms. The summed E-state index contributed by atoms with van der Waals surface area (Å²) < 4.78 is 67.4. The van der Waals surface area contributed by atoms with Crippen LogP contribution in [0.5, 0.6) is 0 Å². The Kier molecular flexibility index (Phi) is 6.24. The quantitative estimate of drug-likeness (QED) is 0.796. The van der Waals surface area contributed by atoms with Crippen LogP contribution < -0.4 is 5.32 Å². The maximum absolute atomic E-state index is 12.5. The third kappa shape index (κ3) is 5.33. The average molecular weight is 328 g/mol. The van der Waals surface area contributed by atoms with E-state index in [4.69, 9.17) is 4.42 Å². The summed E-state index contributed by atoms with van der Waals surface area (Å²) in [6.07, 6.45) is -4.32. The van der Waals surface area contributed by atoms with Gasteiger partial charge < -0.3 is 9.73 Å². The van der Waals surface area contributed by atoms with Crippen molar-refractivity contribution in [3.63, 3.8) is 0 Å². The molecule has 0 aliphatic heterocycles. The maximum atomic E-state index is 12.5. The summed E-state index contributed by atoms with van der Waals surface area (Å²) in [7, 11) is -4.28. The van der Waals surface area contributed by atoms with E-state index in [1.165, 1.54) is 12.1 Å². The molecule has 0 fully saturated rings. The summed E-state index contributed by atoms with van der Waals surface area (Å²) in [5.41, 5.74) is 0. The van der Waals surface area contributed by atoms with Gasteiger partial charge in [-0.3, -0.25) is 0 Å². The highest BCUT2D eigenvalue weighted by atomic mass is 32.2. The van der Waals surface area contributed by atoms with Crippen molar-refractivity contribution in [1.29, 1.82) is 0 Å². The van der Waals surface area contributed by atoms with Gasteiger partial charge in [0.25, 0.3) is 10.0 Å². The highest BCUT2D eigenvalue weighted by Crippen LogP contribution is 2.24. The highest BCUT2D eigenvalue weighted by Gasteiger charge is 2.37. The molecule has 1 aromatic rings. The molecule has 9 heteroatoms. The number of nitrogens with one attached hydrogen (secondary N) is 1. The zero-order valence-electron chi connectivity index (χ0n) is 11.9. The summed E-state index contributed by atoms with van der Waals surface area (Å²) in [6, 6.07) is 2.62. The molecule has 1 rings (SSSR count). The Morgan fingerprint density at radius 1 is 1.29 bits per heavy atom. The van der Waals surface area contributed by atoms with Gasteiger partial charge in [0.15, 0.2) is 0 Å². The lowest BCUT2D eigenvalue weighted by atomic mass is 10.4. The molecular weight excluding hydrogens is 309 g/mol. The van der Waals surface area contributed by atoms with Gasteiger partial charge >= 0.3 is 6.18 Å². The first-order valence-electron chi connectivity index (χ1n) is 6.57. The second kappa shape index (κ2) is 7.28. The fourth-order valence-corrected chi connectivity index (χ4v) is 3.15. The minimum absolute atomic E-state index is 0.217. The number of alkyl halides is 3. The molecule has 0 unspecified atom stereocenters. The monoisotopic (exact) mass is 328 g/mol. The molecule has 0 bridgehead atoms. The van der Waals surface area contributed by atoms with Crippen molar-refractivity contribution in [2.24, 2.45) is 0 Å². The lowest BCUT2D eigenvalue weighted by Crippen LogP contribution is -2.39. The van der Waals surface area contributed by atoms with Gasteiger partial charge in [-0.15, -0.1) is 0 Å². The number of nitrogens with zero attached hydrogens (tertiary/aromatic N) is 1. The lowest BCUT2D eigenvalue weighted by molar-refractivity contribution is -0.136. The number of halogens is 3. The topological polar surface area (TPSA) is 62.6 Å². The Morgan fingerprint density at radius 2 is 1.95 bits per heavy atom. The van der Waals surface area contributed by atoms with Crippen molar-refractivity contribution in [2.45, 2.75) is 38.1 Å². The second-order valence-corrected chi connectivity index (χ2v) is 6.32. The molecule has 0 saturated heterocycles. The third-order valence-electron chi connectivity index (χ3n) is 2.61. The summed E-state index contributed by atoms with van der Waals surface area (Å²) >= 11 is 0. The van der Waals surface area contributed by atoms with Crippen molar-refractivity contribution in [2.75, 3.05) is 19.6 Å². The molecule has 1 heterocycles. The van der Waals surface area contributed by atoms with Crippen LogP contribution in [0, 0.1) is 0 Å². The first kappa shape index (κ1) is 18.0. The Hall–Kier alpha value is -1.06. The van der Waals surface area contributed by atoms with E-state index in [0.29, 0.717) is 23.2 Å². The fraction of sp³-hybridized carbons (Fsp3) is 0.667. The van der Waals surface area contributed by atoms with Gasteiger partial charge in [-0.2, -0.15) is 17.5 Å². The van der Waals surface area contributed by atoms with E-state index in [1.807, 2.05) is 6.92 Å². The Morgan fingerprint density at radius 3 is 2.48 bits per heavy atom. The molecule has 122 valence electrons. The number of sulfonamides is 1. The van der Waals surface area contributed by atoms with Crippen molar-refractivity contribution >= 4 is 10.0 Å². The Bertz CT molecular complexity index is 540. The third-order valence-corrected chi connectivity index (χ3v) is 4.33. The van der Waals surface area contributed by atoms with E-state index in [2.05, 4.69) is 5.32 Å². The zero-order chi connectivity index (χ0) is 16.1. The Balaban J connectivity index is 2.97. The molecule has 0 aliphatic carbocycles. The minimum Gasteiger partial charge on any atom is -0.447 e. The summed E-state index contributed by atoms with van der Waals surface area (Å²) in [5, 5.41) is 2.48. The molecule has 21 heavy (non-hydrogen) atoms. The summed E-state index contributed by atoms with van der Waals surface area (Å²) in [5.74, 6) is 0.360. The molecule has 0 radical (unpaired) electrons. The molecule has 1 N–H and O–H groups in total. The van der Waals surface area contributed by atoms with E-state index in [9.17, 15) is 21.6 Å².